The van der Waals surface area contributed by atoms with E-state index in [0.29, 0.717) is 12.8 Å². The molecule has 0 radical (unpaired) electrons. The van der Waals surface area contributed by atoms with Crippen molar-refractivity contribution in [2.24, 2.45) is 34.0 Å². The molecule has 1 heterocycles. The normalized spacial score (nSPS) is 39.3. The Balaban J connectivity index is 0.901. The molecule has 1 saturated heterocycles. The third kappa shape index (κ3) is 6.59. The molecule has 7 aliphatic carbocycles. The molecule has 6 saturated carbocycles. The Morgan fingerprint density at radius 3 is 2.45 bits per heavy atom. The van der Waals surface area contributed by atoms with Gasteiger partial charge in [0.25, 0.3) is 0 Å². The van der Waals surface area contributed by atoms with Gasteiger partial charge >= 0.3 is 5.97 Å². The van der Waals surface area contributed by atoms with Gasteiger partial charge in [-0.05, 0) is 92.8 Å². The fourth-order valence-corrected chi connectivity index (χ4v) is 12.9. The molecule has 9 rings (SSSR count). The van der Waals surface area contributed by atoms with Crippen LogP contribution < -0.4 is 16.0 Å². The summed E-state index contributed by atoms with van der Waals surface area (Å²) in [6, 6.07) is 6.86. The number of alkyl halides is 1. The number of carboxylic acid groups (broad SMARTS) is 1. The van der Waals surface area contributed by atoms with Gasteiger partial charge in [0, 0.05) is 34.3 Å². The molecular weight excluding hydrogens is 814 g/mol. The van der Waals surface area contributed by atoms with Gasteiger partial charge in [-0.1, -0.05) is 65.7 Å². The van der Waals surface area contributed by atoms with E-state index in [9.17, 15) is 44.1 Å². The summed E-state index contributed by atoms with van der Waals surface area (Å²) < 4.78 is 13.4. The van der Waals surface area contributed by atoms with Crippen LogP contribution in [0.3, 0.4) is 0 Å². The van der Waals surface area contributed by atoms with Crippen molar-refractivity contribution in [1.29, 1.82) is 0 Å². The third-order valence-corrected chi connectivity index (χ3v) is 15.5. The number of aliphatic hydroxyl groups excluding tert-OH is 2. The number of nitrogens with one attached hydrogen (secondary N) is 3. The Morgan fingerprint density at radius 2 is 1.78 bits per heavy atom. The molecule has 58 heavy (non-hydrogen) atoms. The van der Waals surface area contributed by atoms with Gasteiger partial charge in [-0.3, -0.25) is 28.8 Å². The van der Waals surface area contributed by atoms with E-state index in [1.54, 1.807) is 12.2 Å². The molecule has 15 heteroatoms. The number of Topliss-reactive ketones (excluding diaryl/α,β-unsaturated/α-hetero) is 1. The second-order valence-corrected chi connectivity index (χ2v) is 19.1. The van der Waals surface area contributed by atoms with Crippen molar-refractivity contribution in [3.05, 3.63) is 59.2 Å². The van der Waals surface area contributed by atoms with E-state index in [2.05, 4.69) is 38.8 Å². The highest BCUT2D eigenvalue weighted by molar-refractivity contribution is 9.09. The van der Waals surface area contributed by atoms with Crippen molar-refractivity contribution in [2.45, 2.75) is 114 Å². The Hall–Kier alpha value is -3.76. The van der Waals surface area contributed by atoms with Crippen LogP contribution in [0.5, 0.6) is 0 Å². The van der Waals surface area contributed by atoms with Gasteiger partial charge in [-0.15, -0.1) is 0 Å². The molecule has 6 N–H and O–H groups in total. The number of aliphatic hydroxyl groups is 2. The van der Waals surface area contributed by atoms with E-state index >= 15 is 0 Å². The van der Waals surface area contributed by atoms with Gasteiger partial charge in [-0.25, -0.2) is 0 Å². The van der Waals surface area contributed by atoms with Gasteiger partial charge in [-0.2, -0.15) is 0 Å². The maximum Gasteiger partial charge on any atom is 0.303 e. The molecule has 8 aliphatic rings. The summed E-state index contributed by atoms with van der Waals surface area (Å²) in [6.45, 7) is 3.09. The first-order valence-corrected chi connectivity index (χ1v) is 21.5. The standard InChI is InChI=1S/C43H52BrN3O11/c1-39-12-11-26(49)13-25(39)7-8-27-28-14-32-43(31(51)19-48,40(28,2)16-30(50)36(27)39)58-38(57-32)24-5-3-23(4-6-24)15-41-20-42(21-41,22-41)47-37(56)29(9-10-35(54)55)46-34(53)18-45-33(52)17-44/h3-6,11-13,27-30,32,36,38,48,50H,7-10,14-22H2,1-2H3,(H,45,52)(H,46,53)(H,47,56)(H,54,55)/t27-,28-,29-,30-,32+,36+,38-,39-,40-,41?,42?,43+/m0/s1. The number of hydrogen-bond acceptors (Lipinski definition) is 10. The Kier molecular flexibility index (Phi) is 10.4. The first-order chi connectivity index (χ1) is 27.5. The van der Waals surface area contributed by atoms with Crippen LogP contribution in [-0.4, -0.2) is 98.4 Å². The number of hydrogen-bond donors (Lipinski definition) is 6. The van der Waals surface area contributed by atoms with Crippen molar-refractivity contribution >= 4 is 51.2 Å². The molecule has 1 aromatic rings. The van der Waals surface area contributed by atoms with Gasteiger partial charge in [0.1, 0.15) is 12.6 Å². The number of rotatable bonds is 14. The number of ketones is 2. The van der Waals surface area contributed by atoms with E-state index < -0.39 is 82.6 Å². The van der Waals surface area contributed by atoms with Crippen LogP contribution in [-0.2, 0) is 44.7 Å². The summed E-state index contributed by atoms with van der Waals surface area (Å²) >= 11 is 3.00. The van der Waals surface area contributed by atoms with E-state index in [-0.39, 0.29) is 53.7 Å². The maximum atomic E-state index is 13.9. The largest absolute Gasteiger partial charge is 0.481 e. The molecule has 7 fully saturated rings. The van der Waals surface area contributed by atoms with Crippen LogP contribution in [0.4, 0.5) is 0 Å². The highest BCUT2D eigenvalue weighted by Gasteiger charge is 2.76. The minimum absolute atomic E-state index is 0.00250. The minimum atomic E-state index is -1.43. The zero-order chi connectivity index (χ0) is 41.4. The van der Waals surface area contributed by atoms with Crippen molar-refractivity contribution < 1.29 is 53.6 Å². The number of allylic oxidation sites excluding steroid dienone is 4. The van der Waals surface area contributed by atoms with Crippen LogP contribution in [0.15, 0.2) is 48.1 Å². The van der Waals surface area contributed by atoms with Crippen LogP contribution in [0, 0.1) is 34.0 Å². The molecule has 1 aliphatic heterocycles. The lowest BCUT2D eigenvalue weighted by Gasteiger charge is -2.71. The zero-order valence-corrected chi connectivity index (χ0v) is 34.3. The average Bonchev–Trinajstić information content (AvgIpc) is 3.66. The van der Waals surface area contributed by atoms with Crippen LogP contribution in [0.1, 0.15) is 89.1 Å². The first kappa shape index (κ1) is 41.0. The number of carbonyl (C=O) groups excluding carboxylic acids is 5. The van der Waals surface area contributed by atoms with Crippen molar-refractivity contribution in [3.8, 4) is 0 Å². The Morgan fingerprint density at radius 1 is 1.05 bits per heavy atom. The number of carbonyl (C=O) groups is 6. The summed E-state index contributed by atoms with van der Waals surface area (Å²) in [6.07, 6.45) is 8.10. The highest BCUT2D eigenvalue weighted by atomic mass is 79.9. The molecular formula is C43H52BrN3O11. The van der Waals surface area contributed by atoms with Crippen molar-refractivity contribution in [3.63, 3.8) is 0 Å². The van der Waals surface area contributed by atoms with E-state index in [1.165, 1.54) is 0 Å². The average molecular weight is 867 g/mol. The lowest BCUT2D eigenvalue weighted by atomic mass is 9.38. The molecule has 14 nitrogen and oxygen atoms in total. The zero-order valence-electron chi connectivity index (χ0n) is 32.8. The lowest BCUT2D eigenvalue weighted by molar-refractivity contribution is -0.201. The molecule has 10 atom stereocenters. The highest BCUT2D eigenvalue weighted by Crippen LogP contribution is 2.71. The second kappa shape index (κ2) is 14.8. The quantitative estimate of drug-likeness (QED) is 0.150. The van der Waals surface area contributed by atoms with Crippen molar-refractivity contribution in [2.75, 3.05) is 18.5 Å². The Bertz CT molecular complexity index is 1960. The monoisotopic (exact) mass is 865 g/mol. The fourth-order valence-electron chi connectivity index (χ4n) is 12.7. The molecule has 2 bridgehead atoms. The molecule has 0 unspecified atom stereocenters. The number of ether oxygens (including phenoxy) is 2. The number of carboxylic acids is 1. The van der Waals surface area contributed by atoms with Gasteiger partial charge < -0.3 is 40.7 Å². The van der Waals surface area contributed by atoms with Gasteiger partial charge in [0.2, 0.25) is 17.7 Å². The third-order valence-electron chi connectivity index (χ3n) is 15.0. The molecule has 312 valence electrons. The van der Waals surface area contributed by atoms with E-state index in [4.69, 9.17) is 9.47 Å². The van der Waals surface area contributed by atoms with E-state index in [0.717, 1.165) is 55.2 Å². The van der Waals surface area contributed by atoms with Gasteiger partial charge in [0.15, 0.2) is 23.5 Å². The Labute approximate surface area is 345 Å². The molecule has 1 aromatic carbocycles. The first-order valence-electron chi connectivity index (χ1n) is 20.3. The number of aliphatic carboxylic acids is 1. The summed E-state index contributed by atoms with van der Waals surface area (Å²) in [5.41, 5.74) is -0.197. The predicted octanol–water partition coefficient (Wildman–Crippen LogP) is 2.73. The molecule has 0 spiro atoms. The minimum Gasteiger partial charge on any atom is -0.481 e. The van der Waals surface area contributed by atoms with Crippen molar-refractivity contribution in [1.82, 2.24) is 16.0 Å². The number of benzene rings is 1. The topological polar surface area (TPSA) is 218 Å². The van der Waals surface area contributed by atoms with Crippen LogP contribution in [0.25, 0.3) is 0 Å². The molecule has 0 aromatic heterocycles. The SMILES string of the molecule is C[C@]12C=CC(=O)C=C1CC[C@@H]1[C@@H]2[C@@H](O)C[C@@]2(C)[C@H]1C[C@H]1O[C@H](c3ccc(CC45CC(NC(=O)[C@H](CCC(=O)O)NC(=O)CNC(=O)CBr)(C4)C5)cc3)O[C@]12C(=O)CO. The van der Waals surface area contributed by atoms with Crippen LogP contribution in [0.2, 0.25) is 0 Å². The van der Waals surface area contributed by atoms with E-state index in [1.807, 2.05) is 37.3 Å². The maximum absolute atomic E-state index is 13.9. The smallest absolute Gasteiger partial charge is 0.303 e. The number of amides is 3. The fraction of sp³-hybridized carbons (Fsp3) is 0.628. The summed E-state index contributed by atoms with van der Waals surface area (Å²) in [5.74, 6) is -3.02. The molecule has 3 amide bonds. The predicted molar refractivity (Wildman–Crippen MR) is 210 cm³/mol. The number of fused-ring (bicyclic) bond motifs is 7. The summed E-state index contributed by atoms with van der Waals surface area (Å²) in [5, 5.41) is 39.5. The summed E-state index contributed by atoms with van der Waals surface area (Å²) in [7, 11) is 0. The van der Waals surface area contributed by atoms with Crippen LogP contribution >= 0.6 is 15.9 Å². The second-order valence-electron chi connectivity index (χ2n) is 18.5. The number of halogens is 1. The lowest BCUT2D eigenvalue weighted by Crippen LogP contribution is -2.76. The summed E-state index contributed by atoms with van der Waals surface area (Å²) in [4.78, 5) is 74.6. The van der Waals surface area contributed by atoms with Gasteiger partial charge in [0.05, 0.1) is 24.1 Å².